The Morgan fingerprint density at radius 2 is 2.16 bits per heavy atom. The van der Waals surface area contributed by atoms with E-state index < -0.39 is 0 Å². The van der Waals surface area contributed by atoms with Crippen LogP contribution in [0.3, 0.4) is 0 Å². The predicted molar refractivity (Wildman–Crippen MR) is 76.4 cm³/mol. The summed E-state index contributed by atoms with van der Waals surface area (Å²) in [7, 11) is 1.63. The Hall–Kier alpha value is -1.55. The van der Waals surface area contributed by atoms with Gasteiger partial charge in [0.2, 0.25) is 5.91 Å². The summed E-state index contributed by atoms with van der Waals surface area (Å²) < 4.78 is 5.35. The van der Waals surface area contributed by atoms with Gasteiger partial charge in [-0.3, -0.25) is 4.79 Å². The van der Waals surface area contributed by atoms with E-state index in [4.69, 9.17) is 10.5 Å². The van der Waals surface area contributed by atoms with Crippen molar-refractivity contribution in [3.05, 3.63) is 24.3 Å². The Balaban J connectivity index is 2.16. The fourth-order valence-electron chi connectivity index (χ4n) is 2.16. The van der Waals surface area contributed by atoms with Crippen molar-refractivity contribution >= 4 is 11.6 Å². The lowest BCUT2D eigenvalue weighted by Gasteiger charge is -2.24. The summed E-state index contributed by atoms with van der Waals surface area (Å²) in [5.74, 6) is 1.51. The van der Waals surface area contributed by atoms with Crippen molar-refractivity contribution in [3.63, 3.8) is 0 Å². The number of hydrogen-bond donors (Lipinski definition) is 1. The standard InChI is InChI=1S/C15H22N2O2/c1-19-14-6-3-2-5-13(14)17(10-4-9-16)15(18)11-12-7-8-12/h2-3,5-6,12H,4,7-11,16H2,1H3. The minimum absolute atomic E-state index is 0.181. The molecule has 0 aromatic heterocycles. The molecule has 0 bridgehead atoms. The number of carbonyl (C=O) groups is 1. The van der Waals surface area contributed by atoms with E-state index in [1.54, 1.807) is 7.11 Å². The highest BCUT2D eigenvalue weighted by atomic mass is 16.5. The largest absolute Gasteiger partial charge is 0.495 e. The molecule has 19 heavy (non-hydrogen) atoms. The molecule has 0 aliphatic heterocycles. The Labute approximate surface area is 114 Å². The minimum atomic E-state index is 0.181. The number of methoxy groups -OCH3 is 1. The topological polar surface area (TPSA) is 55.6 Å². The molecule has 1 aliphatic carbocycles. The Morgan fingerprint density at radius 1 is 1.42 bits per heavy atom. The first kappa shape index (κ1) is 13.9. The van der Waals surface area contributed by atoms with Crippen molar-refractivity contribution in [2.24, 2.45) is 11.7 Å². The van der Waals surface area contributed by atoms with Crippen LogP contribution < -0.4 is 15.4 Å². The summed E-state index contributed by atoms with van der Waals surface area (Å²) in [4.78, 5) is 14.2. The number of benzene rings is 1. The zero-order chi connectivity index (χ0) is 13.7. The van der Waals surface area contributed by atoms with Crippen molar-refractivity contribution in [2.45, 2.75) is 25.7 Å². The number of anilines is 1. The smallest absolute Gasteiger partial charge is 0.227 e. The number of carbonyl (C=O) groups excluding carboxylic acids is 1. The van der Waals surface area contributed by atoms with E-state index in [9.17, 15) is 4.79 Å². The number of rotatable bonds is 7. The predicted octanol–water partition coefficient (Wildman–Crippen LogP) is 2.18. The number of hydrogen-bond acceptors (Lipinski definition) is 3. The molecule has 4 nitrogen and oxygen atoms in total. The second-order valence-electron chi connectivity index (χ2n) is 5.01. The number of nitrogens with zero attached hydrogens (tertiary/aromatic N) is 1. The molecule has 2 rings (SSSR count). The van der Waals surface area contributed by atoms with Gasteiger partial charge in [0.1, 0.15) is 5.75 Å². The maximum Gasteiger partial charge on any atom is 0.227 e. The minimum Gasteiger partial charge on any atom is -0.495 e. The Morgan fingerprint density at radius 3 is 2.79 bits per heavy atom. The molecule has 0 unspecified atom stereocenters. The van der Waals surface area contributed by atoms with Gasteiger partial charge in [-0.2, -0.15) is 0 Å². The summed E-state index contributed by atoms with van der Waals surface area (Å²) in [5, 5.41) is 0. The van der Waals surface area contributed by atoms with Crippen LogP contribution in [-0.4, -0.2) is 26.1 Å². The van der Waals surface area contributed by atoms with Gasteiger partial charge in [-0.15, -0.1) is 0 Å². The second kappa shape index (κ2) is 6.57. The molecule has 0 saturated heterocycles. The lowest BCUT2D eigenvalue weighted by molar-refractivity contribution is -0.119. The van der Waals surface area contributed by atoms with Crippen molar-refractivity contribution in [1.29, 1.82) is 0 Å². The first-order chi connectivity index (χ1) is 9.26. The summed E-state index contributed by atoms with van der Waals surface area (Å²) in [6.45, 7) is 1.24. The van der Waals surface area contributed by atoms with Gasteiger partial charge in [-0.05, 0) is 43.9 Å². The molecule has 0 radical (unpaired) electrons. The van der Waals surface area contributed by atoms with E-state index in [-0.39, 0.29) is 5.91 Å². The highest BCUT2D eigenvalue weighted by Crippen LogP contribution is 2.35. The summed E-state index contributed by atoms with van der Waals surface area (Å²) in [5.41, 5.74) is 6.42. The fourth-order valence-corrected chi connectivity index (χ4v) is 2.16. The maximum atomic E-state index is 12.4. The molecular formula is C15H22N2O2. The number of nitrogens with two attached hydrogens (primary N) is 1. The molecule has 0 spiro atoms. The van der Waals surface area contributed by atoms with E-state index in [0.29, 0.717) is 25.4 Å². The normalized spacial score (nSPS) is 14.2. The first-order valence-corrected chi connectivity index (χ1v) is 6.89. The van der Waals surface area contributed by atoms with E-state index >= 15 is 0 Å². The highest BCUT2D eigenvalue weighted by molar-refractivity contribution is 5.95. The first-order valence-electron chi connectivity index (χ1n) is 6.89. The van der Waals surface area contributed by atoms with Crippen LogP contribution in [0.4, 0.5) is 5.69 Å². The zero-order valence-corrected chi connectivity index (χ0v) is 11.5. The molecule has 0 heterocycles. The van der Waals surface area contributed by atoms with Crippen LogP contribution in [0.2, 0.25) is 0 Å². The molecule has 4 heteroatoms. The lowest BCUT2D eigenvalue weighted by atomic mass is 10.2. The average molecular weight is 262 g/mol. The van der Waals surface area contributed by atoms with Gasteiger partial charge in [-0.25, -0.2) is 0 Å². The maximum absolute atomic E-state index is 12.4. The number of amides is 1. The molecule has 1 aromatic carbocycles. The van der Waals surface area contributed by atoms with Gasteiger partial charge < -0.3 is 15.4 Å². The van der Waals surface area contributed by atoms with E-state index in [0.717, 1.165) is 17.9 Å². The van der Waals surface area contributed by atoms with Gasteiger partial charge in [0, 0.05) is 13.0 Å². The van der Waals surface area contributed by atoms with Crippen LogP contribution in [0.25, 0.3) is 0 Å². The van der Waals surface area contributed by atoms with Gasteiger partial charge >= 0.3 is 0 Å². The quantitative estimate of drug-likeness (QED) is 0.819. The van der Waals surface area contributed by atoms with Crippen LogP contribution in [0, 0.1) is 5.92 Å². The number of ether oxygens (including phenoxy) is 1. The van der Waals surface area contributed by atoms with Crippen LogP contribution in [-0.2, 0) is 4.79 Å². The van der Waals surface area contributed by atoms with Crippen molar-refractivity contribution < 1.29 is 9.53 Å². The molecular weight excluding hydrogens is 240 g/mol. The molecule has 0 atom stereocenters. The third-order valence-corrected chi connectivity index (χ3v) is 3.42. The van der Waals surface area contributed by atoms with E-state index in [1.807, 2.05) is 29.2 Å². The van der Waals surface area contributed by atoms with Gasteiger partial charge in [0.05, 0.1) is 12.8 Å². The summed E-state index contributed by atoms with van der Waals surface area (Å²) in [6.07, 6.45) is 3.81. The molecule has 1 aliphatic rings. The van der Waals surface area contributed by atoms with Crippen LogP contribution >= 0.6 is 0 Å². The van der Waals surface area contributed by atoms with Crippen LogP contribution in [0.15, 0.2) is 24.3 Å². The zero-order valence-electron chi connectivity index (χ0n) is 11.5. The van der Waals surface area contributed by atoms with Crippen LogP contribution in [0.1, 0.15) is 25.7 Å². The molecule has 104 valence electrons. The lowest BCUT2D eigenvalue weighted by Crippen LogP contribution is -2.33. The summed E-state index contributed by atoms with van der Waals surface area (Å²) >= 11 is 0. The molecule has 1 fully saturated rings. The average Bonchev–Trinajstić information content (AvgIpc) is 3.23. The molecule has 1 aromatic rings. The second-order valence-corrected chi connectivity index (χ2v) is 5.01. The van der Waals surface area contributed by atoms with E-state index in [2.05, 4.69) is 0 Å². The number of para-hydroxylation sites is 2. The highest BCUT2D eigenvalue weighted by Gasteiger charge is 2.28. The SMILES string of the molecule is COc1ccccc1N(CCCN)C(=O)CC1CC1. The third kappa shape index (κ3) is 3.70. The Bertz CT molecular complexity index is 430. The van der Waals surface area contributed by atoms with Gasteiger partial charge in [0.15, 0.2) is 0 Å². The fraction of sp³-hybridized carbons (Fsp3) is 0.533. The van der Waals surface area contributed by atoms with Gasteiger partial charge in [-0.1, -0.05) is 12.1 Å². The van der Waals surface area contributed by atoms with Crippen molar-refractivity contribution in [1.82, 2.24) is 0 Å². The molecule has 1 amide bonds. The van der Waals surface area contributed by atoms with Crippen LogP contribution in [0.5, 0.6) is 5.75 Å². The summed E-state index contributed by atoms with van der Waals surface area (Å²) in [6, 6.07) is 7.65. The van der Waals surface area contributed by atoms with Crippen molar-refractivity contribution in [2.75, 3.05) is 25.1 Å². The van der Waals surface area contributed by atoms with E-state index in [1.165, 1.54) is 12.8 Å². The van der Waals surface area contributed by atoms with Crippen molar-refractivity contribution in [3.8, 4) is 5.75 Å². The molecule has 2 N–H and O–H groups in total. The van der Waals surface area contributed by atoms with Gasteiger partial charge in [0.25, 0.3) is 0 Å². The monoisotopic (exact) mass is 262 g/mol. The molecule has 1 saturated carbocycles. The third-order valence-electron chi connectivity index (χ3n) is 3.42. The Kier molecular flexibility index (Phi) is 4.80.